The van der Waals surface area contributed by atoms with Crippen molar-refractivity contribution in [1.82, 2.24) is 14.8 Å². The van der Waals surface area contributed by atoms with Crippen molar-refractivity contribution in [1.29, 1.82) is 0 Å². The molecule has 23 heavy (non-hydrogen) atoms. The maximum Gasteiger partial charge on any atom is 0.223 e. The zero-order valence-electron chi connectivity index (χ0n) is 13.7. The second-order valence-corrected chi connectivity index (χ2v) is 6.61. The lowest BCUT2D eigenvalue weighted by Gasteiger charge is -2.31. The number of hydrogen-bond donors (Lipinski definition) is 0. The van der Waals surface area contributed by atoms with E-state index >= 15 is 0 Å². The Morgan fingerprint density at radius 2 is 2.35 bits per heavy atom. The molecule has 0 aromatic carbocycles. The third-order valence-electron chi connectivity index (χ3n) is 4.62. The molecule has 0 bridgehead atoms. The lowest BCUT2D eigenvalue weighted by molar-refractivity contribution is -0.128. The van der Waals surface area contributed by atoms with Crippen molar-refractivity contribution >= 4 is 5.91 Å². The minimum Gasteiger partial charge on any atom is -0.383 e. The van der Waals surface area contributed by atoms with E-state index in [-0.39, 0.29) is 11.3 Å². The molecule has 2 saturated heterocycles. The van der Waals surface area contributed by atoms with Crippen LogP contribution in [0.2, 0.25) is 0 Å². The van der Waals surface area contributed by atoms with E-state index in [1.54, 1.807) is 13.3 Å². The smallest absolute Gasteiger partial charge is 0.223 e. The van der Waals surface area contributed by atoms with Gasteiger partial charge in [-0.1, -0.05) is 6.07 Å². The zero-order chi connectivity index (χ0) is 16.1. The predicted octanol–water partition coefficient (Wildman–Crippen LogP) is 0.779. The normalized spacial score (nSPS) is 26.0. The Balaban J connectivity index is 1.66. The molecule has 2 aliphatic heterocycles. The molecule has 6 heteroatoms. The van der Waals surface area contributed by atoms with Crippen molar-refractivity contribution in [2.24, 2.45) is 5.41 Å². The van der Waals surface area contributed by atoms with Gasteiger partial charge in [0, 0.05) is 64.1 Å². The highest BCUT2D eigenvalue weighted by Gasteiger charge is 2.45. The summed E-state index contributed by atoms with van der Waals surface area (Å²) in [7, 11) is 1.67. The molecule has 1 atom stereocenters. The quantitative estimate of drug-likeness (QED) is 0.803. The molecule has 6 nitrogen and oxygen atoms in total. The number of amides is 1. The van der Waals surface area contributed by atoms with E-state index in [9.17, 15) is 4.79 Å². The first-order valence-corrected chi connectivity index (χ1v) is 8.16. The summed E-state index contributed by atoms with van der Waals surface area (Å²) in [5.74, 6) is 0.217. The molecule has 0 saturated carbocycles. The molecule has 0 N–H and O–H groups in total. The largest absolute Gasteiger partial charge is 0.383 e. The highest BCUT2D eigenvalue weighted by molar-refractivity contribution is 5.79. The SMILES string of the molecule is COCCN1CC2(COCCN(Cc3cccnc3)C2)CC1=O. The molecule has 1 spiro atoms. The summed E-state index contributed by atoms with van der Waals surface area (Å²) >= 11 is 0. The summed E-state index contributed by atoms with van der Waals surface area (Å²) in [6.07, 6.45) is 4.27. The van der Waals surface area contributed by atoms with Gasteiger partial charge in [-0.05, 0) is 11.6 Å². The second-order valence-electron chi connectivity index (χ2n) is 6.61. The molecule has 0 radical (unpaired) electrons. The molecule has 1 aromatic rings. The lowest BCUT2D eigenvalue weighted by atomic mass is 9.87. The Morgan fingerprint density at radius 3 is 3.13 bits per heavy atom. The van der Waals surface area contributed by atoms with Crippen molar-refractivity contribution in [3.8, 4) is 0 Å². The lowest BCUT2D eigenvalue weighted by Crippen LogP contribution is -2.40. The maximum absolute atomic E-state index is 12.3. The van der Waals surface area contributed by atoms with Gasteiger partial charge in [0.05, 0.1) is 19.8 Å². The number of likely N-dealkylation sites (tertiary alicyclic amines) is 1. The van der Waals surface area contributed by atoms with Gasteiger partial charge in [-0.3, -0.25) is 14.7 Å². The monoisotopic (exact) mass is 319 g/mol. The van der Waals surface area contributed by atoms with Gasteiger partial charge in [-0.2, -0.15) is 0 Å². The van der Waals surface area contributed by atoms with E-state index in [1.165, 1.54) is 5.56 Å². The summed E-state index contributed by atoms with van der Waals surface area (Å²) in [4.78, 5) is 20.8. The molecule has 2 aliphatic rings. The van der Waals surface area contributed by atoms with Crippen LogP contribution in [-0.4, -0.2) is 73.8 Å². The number of aromatic nitrogens is 1. The average Bonchev–Trinajstić information content (AvgIpc) is 2.72. The first-order chi connectivity index (χ1) is 11.2. The van der Waals surface area contributed by atoms with E-state index in [4.69, 9.17) is 9.47 Å². The number of carbonyl (C=O) groups excluding carboxylic acids is 1. The number of carbonyl (C=O) groups is 1. The van der Waals surface area contributed by atoms with E-state index in [0.29, 0.717) is 32.8 Å². The Labute approximate surface area is 137 Å². The number of pyridine rings is 1. The number of ether oxygens (including phenoxy) is 2. The molecule has 1 unspecified atom stereocenters. The molecule has 0 aliphatic carbocycles. The van der Waals surface area contributed by atoms with Crippen LogP contribution < -0.4 is 0 Å². The van der Waals surface area contributed by atoms with Crippen LogP contribution >= 0.6 is 0 Å². The van der Waals surface area contributed by atoms with Crippen molar-refractivity contribution in [2.75, 3.05) is 53.1 Å². The molecule has 2 fully saturated rings. The highest BCUT2D eigenvalue weighted by Crippen LogP contribution is 2.34. The highest BCUT2D eigenvalue weighted by atomic mass is 16.5. The minimum absolute atomic E-state index is 0.0937. The summed E-state index contributed by atoms with van der Waals surface area (Å²) < 4.78 is 10.9. The summed E-state index contributed by atoms with van der Waals surface area (Å²) in [5.41, 5.74) is 1.11. The fourth-order valence-electron chi connectivity index (χ4n) is 3.56. The summed E-state index contributed by atoms with van der Waals surface area (Å²) in [6, 6.07) is 4.06. The van der Waals surface area contributed by atoms with E-state index in [0.717, 1.165) is 26.2 Å². The molecule has 126 valence electrons. The number of nitrogens with zero attached hydrogens (tertiary/aromatic N) is 3. The van der Waals surface area contributed by atoms with Crippen molar-refractivity contribution in [3.63, 3.8) is 0 Å². The Bertz CT molecular complexity index is 525. The average molecular weight is 319 g/mol. The van der Waals surface area contributed by atoms with E-state index in [2.05, 4.69) is 16.0 Å². The summed E-state index contributed by atoms with van der Waals surface area (Å²) in [6.45, 7) is 6.02. The molecule has 3 rings (SSSR count). The van der Waals surface area contributed by atoms with Gasteiger partial charge in [0.1, 0.15) is 0 Å². The van der Waals surface area contributed by atoms with Crippen LogP contribution in [0, 0.1) is 5.41 Å². The zero-order valence-corrected chi connectivity index (χ0v) is 13.7. The van der Waals surface area contributed by atoms with Gasteiger partial charge in [-0.15, -0.1) is 0 Å². The van der Waals surface area contributed by atoms with Crippen LogP contribution in [0.5, 0.6) is 0 Å². The Morgan fingerprint density at radius 1 is 1.43 bits per heavy atom. The van der Waals surface area contributed by atoms with Crippen LogP contribution in [0.4, 0.5) is 0 Å². The molecule has 1 amide bonds. The standard InChI is InChI=1S/C17H25N3O3/c1-22-7-6-20-13-17(9-16(20)21)12-19(5-8-23-14-17)11-15-3-2-4-18-10-15/h2-4,10H,5-9,11-14H2,1H3. The van der Waals surface area contributed by atoms with Gasteiger partial charge in [0.2, 0.25) is 5.91 Å². The van der Waals surface area contributed by atoms with Gasteiger partial charge in [0.15, 0.2) is 0 Å². The topological polar surface area (TPSA) is 54.9 Å². The minimum atomic E-state index is -0.0937. The van der Waals surface area contributed by atoms with Crippen LogP contribution in [0.15, 0.2) is 24.5 Å². The van der Waals surface area contributed by atoms with Gasteiger partial charge >= 0.3 is 0 Å². The van der Waals surface area contributed by atoms with E-state index in [1.807, 2.05) is 17.2 Å². The maximum atomic E-state index is 12.3. The van der Waals surface area contributed by atoms with Crippen molar-refractivity contribution in [3.05, 3.63) is 30.1 Å². The van der Waals surface area contributed by atoms with E-state index < -0.39 is 0 Å². The number of methoxy groups -OCH3 is 1. The first kappa shape index (κ1) is 16.4. The molecular weight excluding hydrogens is 294 g/mol. The fourth-order valence-corrected chi connectivity index (χ4v) is 3.56. The third-order valence-corrected chi connectivity index (χ3v) is 4.62. The fraction of sp³-hybridized carbons (Fsp3) is 0.647. The third kappa shape index (κ3) is 4.07. The first-order valence-electron chi connectivity index (χ1n) is 8.16. The molecule has 1 aromatic heterocycles. The van der Waals surface area contributed by atoms with Crippen LogP contribution in [0.25, 0.3) is 0 Å². The van der Waals surface area contributed by atoms with Crippen molar-refractivity contribution in [2.45, 2.75) is 13.0 Å². The van der Waals surface area contributed by atoms with Gasteiger partial charge < -0.3 is 14.4 Å². The number of hydrogen-bond acceptors (Lipinski definition) is 5. The van der Waals surface area contributed by atoms with Gasteiger partial charge in [0.25, 0.3) is 0 Å². The Kier molecular flexibility index (Phi) is 5.25. The second kappa shape index (κ2) is 7.38. The van der Waals surface area contributed by atoms with Crippen LogP contribution in [0.1, 0.15) is 12.0 Å². The Hall–Kier alpha value is -1.50. The van der Waals surface area contributed by atoms with Crippen LogP contribution in [-0.2, 0) is 20.8 Å². The summed E-state index contributed by atoms with van der Waals surface area (Å²) in [5, 5.41) is 0. The molecular formula is C17H25N3O3. The van der Waals surface area contributed by atoms with Gasteiger partial charge in [-0.25, -0.2) is 0 Å². The predicted molar refractivity (Wildman–Crippen MR) is 85.8 cm³/mol. The van der Waals surface area contributed by atoms with Crippen molar-refractivity contribution < 1.29 is 14.3 Å². The van der Waals surface area contributed by atoms with Crippen LogP contribution in [0.3, 0.4) is 0 Å². The number of rotatable bonds is 5. The molecule has 3 heterocycles.